The van der Waals surface area contributed by atoms with Crippen LogP contribution in [0, 0.1) is 0 Å². The van der Waals surface area contributed by atoms with Gasteiger partial charge < -0.3 is 0 Å². The second kappa shape index (κ2) is 10.2. The number of aliphatic imine (C=N–C) groups is 1. The van der Waals surface area contributed by atoms with Gasteiger partial charge in [-0.2, -0.15) is 0 Å². The lowest BCUT2D eigenvalue weighted by atomic mass is 10.2. The third-order valence-corrected chi connectivity index (χ3v) is 1.13. The zero-order valence-electron chi connectivity index (χ0n) is 8.96. The van der Waals surface area contributed by atoms with Gasteiger partial charge in [-0.3, -0.25) is 4.99 Å². The van der Waals surface area contributed by atoms with Crippen LogP contribution in [-0.4, -0.2) is 12.3 Å². The first kappa shape index (κ1) is 13.7. The van der Waals surface area contributed by atoms with Crippen molar-refractivity contribution in [1.29, 1.82) is 0 Å². The summed E-state index contributed by atoms with van der Waals surface area (Å²) < 4.78 is 0. The van der Waals surface area contributed by atoms with Crippen LogP contribution < -0.4 is 0 Å². The van der Waals surface area contributed by atoms with Gasteiger partial charge in [0, 0.05) is 6.21 Å². The molecular formula is C11H21N. The molecule has 0 aromatic carbocycles. The first-order chi connectivity index (χ1) is 5.80. The molecule has 70 valence electrons. The lowest BCUT2D eigenvalue weighted by Gasteiger charge is -1.99. The molecule has 0 aliphatic carbocycles. The van der Waals surface area contributed by atoms with Crippen molar-refractivity contribution >= 4 is 6.21 Å². The van der Waals surface area contributed by atoms with Gasteiger partial charge in [-0.1, -0.05) is 45.9 Å². The van der Waals surface area contributed by atoms with Crippen LogP contribution in [0.2, 0.25) is 0 Å². The number of hydrogen-bond acceptors (Lipinski definition) is 1. The van der Waals surface area contributed by atoms with E-state index in [1.807, 2.05) is 46.8 Å². The van der Waals surface area contributed by atoms with Crippen molar-refractivity contribution in [3.63, 3.8) is 0 Å². The summed E-state index contributed by atoms with van der Waals surface area (Å²) in [5, 5.41) is 0. The van der Waals surface area contributed by atoms with E-state index < -0.39 is 0 Å². The summed E-state index contributed by atoms with van der Waals surface area (Å²) in [5.74, 6) is 0. The smallest absolute Gasteiger partial charge is 0.0888 e. The normalized spacial score (nSPS) is 17.2. The average Bonchev–Trinajstić information content (AvgIpc) is 2.64. The standard InChI is InChI=1S/C7H9N.2C2H6/c1-6(2)7-4-3-5-8-7;2*1-2/h3-5,7H,1H2,2H3;2*1-2H3. The van der Waals surface area contributed by atoms with Crippen LogP contribution in [0.15, 0.2) is 29.3 Å². The van der Waals surface area contributed by atoms with Crippen LogP contribution in [0.4, 0.5) is 0 Å². The summed E-state index contributed by atoms with van der Waals surface area (Å²) in [5.41, 5.74) is 1.11. The second-order valence-corrected chi connectivity index (χ2v) is 1.97. The molecule has 1 aliphatic rings. The molecule has 0 N–H and O–H groups in total. The number of hydrogen-bond donors (Lipinski definition) is 0. The Balaban J connectivity index is 0. The Labute approximate surface area is 76.9 Å². The van der Waals surface area contributed by atoms with Crippen molar-refractivity contribution < 1.29 is 0 Å². The SMILES string of the molecule is C=C(C)C1C=CC=N1.CC.CC. The van der Waals surface area contributed by atoms with E-state index in [0.29, 0.717) is 0 Å². The highest BCUT2D eigenvalue weighted by Crippen LogP contribution is 2.07. The molecule has 1 nitrogen and oxygen atoms in total. The monoisotopic (exact) mass is 167 g/mol. The summed E-state index contributed by atoms with van der Waals surface area (Å²) in [6.07, 6.45) is 5.78. The van der Waals surface area contributed by atoms with Crippen LogP contribution in [0.25, 0.3) is 0 Å². The van der Waals surface area contributed by atoms with Gasteiger partial charge in [0.25, 0.3) is 0 Å². The Kier molecular flexibility index (Phi) is 11.6. The topological polar surface area (TPSA) is 12.4 Å². The van der Waals surface area contributed by atoms with Crippen molar-refractivity contribution in [3.05, 3.63) is 24.3 Å². The van der Waals surface area contributed by atoms with E-state index >= 15 is 0 Å². The minimum Gasteiger partial charge on any atom is -0.281 e. The van der Waals surface area contributed by atoms with Gasteiger partial charge in [-0.25, -0.2) is 0 Å². The van der Waals surface area contributed by atoms with E-state index in [0.717, 1.165) is 5.57 Å². The molecule has 1 unspecified atom stereocenters. The van der Waals surface area contributed by atoms with Crippen LogP contribution >= 0.6 is 0 Å². The second-order valence-electron chi connectivity index (χ2n) is 1.97. The predicted octanol–water partition coefficient (Wildman–Crippen LogP) is 3.62. The lowest BCUT2D eigenvalue weighted by molar-refractivity contribution is 0.979. The zero-order chi connectivity index (χ0) is 9.98. The lowest BCUT2D eigenvalue weighted by Crippen LogP contribution is -1.95. The summed E-state index contributed by atoms with van der Waals surface area (Å²) in [6.45, 7) is 13.8. The van der Waals surface area contributed by atoms with Gasteiger partial charge in [0.1, 0.15) is 0 Å². The molecule has 0 aromatic rings. The van der Waals surface area contributed by atoms with Crippen molar-refractivity contribution in [3.8, 4) is 0 Å². The summed E-state index contributed by atoms with van der Waals surface area (Å²) >= 11 is 0. The maximum absolute atomic E-state index is 4.10. The molecule has 0 aromatic heterocycles. The van der Waals surface area contributed by atoms with Crippen molar-refractivity contribution in [2.75, 3.05) is 0 Å². The Morgan fingerprint density at radius 3 is 1.92 bits per heavy atom. The quantitative estimate of drug-likeness (QED) is 0.529. The first-order valence-corrected chi connectivity index (χ1v) is 4.66. The highest BCUT2D eigenvalue weighted by molar-refractivity contribution is 5.74. The van der Waals surface area contributed by atoms with Crippen LogP contribution in [0.1, 0.15) is 34.6 Å². The maximum Gasteiger partial charge on any atom is 0.0888 e. The average molecular weight is 167 g/mol. The summed E-state index contributed by atoms with van der Waals surface area (Å²) in [6, 6.07) is 0.259. The Bertz CT molecular complexity index is 142. The number of rotatable bonds is 1. The van der Waals surface area contributed by atoms with Crippen molar-refractivity contribution in [2.24, 2.45) is 4.99 Å². The van der Waals surface area contributed by atoms with Crippen LogP contribution in [0.3, 0.4) is 0 Å². The van der Waals surface area contributed by atoms with Gasteiger partial charge in [0.05, 0.1) is 6.04 Å². The largest absolute Gasteiger partial charge is 0.281 e. The first-order valence-electron chi connectivity index (χ1n) is 4.66. The fourth-order valence-electron chi connectivity index (χ4n) is 0.639. The predicted molar refractivity (Wildman–Crippen MR) is 58.9 cm³/mol. The minimum absolute atomic E-state index is 0.259. The summed E-state index contributed by atoms with van der Waals surface area (Å²) in [7, 11) is 0. The molecule has 0 spiro atoms. The minimum atomic E-state index is 0.259. The highest BCUT2D eigenvalue weighted by Gasteiger charge is 2.02. The third-order valence-electron chi connectivity index (χ3n) is 1.13. The molecule has 0 bridgehead atoms. The molecule has 1 atom stereocenters. The molecule has 0 amide bonds. The molecule has 12 heavy (non-hydrogen) atoms. The summed E-state index contributed by atoms with van der Waals surface area (Å²) in [4.78, 5) is 4.10. The Morgan fingerprint density at radius 1 is 1.25 bits per heavy atom. The van der Waals surface area contributed by atoms with Gasteiger partial charge in [-0.05, 0) is 13.0 Å². The molecular weight excluding hydrogens is 146 g/mol. The van der Waals surface area contributed by atoms with Gasteiger partial charge in [0.15, 0.2) is 0 Å². The zero-order valence-corrected chi connectivity index (χ0v) is 8.96. The van der Waals surface area contributed by atoms with Crippen LogP contribution in [0.5, 0.6) is 0 Å². The van der Waals surface area contributed by atoms with Crippen molar-refractivity contribution in [1.82, 2.24) is 0 Å². The van der Waals surface area contributed by atoms with E-state index in [2.05, 4.69) is 11.6 Å². The molecule has 0 fully saturated rings. The van der Waals surface area contributed by atoms with Crippen LogP contribution in [-0.2, 0) is 0 Å². The van der Waals surface area contributed by atoms with E-state index in [1.54, 1.807) is 6.21 Å². The molecule has 0 saturated heterocycles. The van der Waals surface area contributed by atoms with E-state index in [-0.39, 0.29) is 6.04 Å². The Hall–Kier alpha value is -0.850. The fourth-order valence-corrected chi connectivity index (χ4v) is 0.639. The number of allylic oxidation sites excluding steroid dienone is 1. The van der Waals surface area contributed by atoms with E-state index in [1.165, 1.54) is 0 Å². The molecule has 1 heterocycles. The molecule has 1 rings (SSSR count). The van der Waals surface area contributed by atoms with Gasteiger partial charge in [0.2, 0.25) is 0 Å². The third kappa shape index (κ3) is 5.90. The molecule has 1 heteroatoms. The van der Waals surface area contributed by atoms with E-state index in [9.17, 15) is 0 Å². The Morgan fingerprint density at radius 2 is 1.75 bits per heavy atom. The molecule has 0 saturated carbocycles. The highest BCUT2D eigenvalue weighted by atomic mass is 14.8. The maximum atomic E-state index is 4.10. The van der Waals surface area contributed by atoms with E-state index in [4.69, 9.17) is 0 Å². The van der Waals surface area contributed by atoms with Gasteiger partial charge >= 0.3 is 0 Å². The fraction of sp³-hybridized carbons (Fsp3) is 0.545. The number of nitrogens with zero attached hydrogens (tertiary/aromatic N) is 1. The van der Waals surface area contributed by atoms with Gasteiger partial charge in [-0.15, -0.1) is 0 Å². The molecule has 0 radical (unpaired) electrons. The van der Waals surface area contributed by atoms with Crippen molar-refractivity contribution in [2.45, 2.75) is 40.7 Å². The molecule has 1 aliphatic heterocycles.